The van der Waals surface area contributed by atoms with Gasteiger partial charge < -0.3 is 15.7 Å². The van der Waals surface area contributed by atoms with Crippen molar-refractivity contribution >= 4 is 21.6 Å². The van der Waals surface area contributed by atoms with Crippen LogP contribution in [0.5, 0.6) is 0 Å². The number of aliphatic hydroxyl groups excluding tert-OH is 1. The molecule has 1 amide bonds. The van der Waals surface area contributed by atoms with Gasteiger partial charge in [0.1, 0.15) is 0 Å². The second-order valence-corrected chi connectivity index (χ2v) is 8.99. The van der Waals surface area contributed by atoms with Gasteiger partial charge in [-0.25, -0.2) is 8.42 Å². The molecule has 28 heavy (non-hydrogen) atoms. The van der Waals surface area contributed by atoms with Crippen molar-refractivity contribution in [2.24, 2.45) is 0 Å². The Hall–Kier alpha value is -2.68. The van der Waals surface area contributed by atoms with Gasteiger partial charge in [0.15, 0.2) is 6.10 Å². The Labute approximate surface area is 163 Å². The van der Waals surface area contributed by atoms with E-state index in [4.69, 9.17) is 5.73 Å². The number of nitrogens with two attached hydrogens (primary N) is 1. The number of rotatable bonds is 4. The minimum absolute atomic E-state index is 0.204. The van der Waals surface area contributed by atoms with Gasteiger partial charge in [0.2, 0.25) is 10.0 Å². The summed E-state index contributed by atoms with van der Waals surface area (Å²) in [4.78, 5) is 14.4. The molecule has 1 atom stereocenters. The molecular weight excluding hydrogens is 378 g/mol. The maximum atomic E-state index is 12.8. The van der Waals surface area contributed by atoms with E-state index in [9.17, 15) is 18.3 Å². The Bertz CT molecular complexity index is 1010. The van der Waals surface area contributed by atoms with Gasteiger partial charge in [0, 0.05) is 31.9 Å². The van der Waals surface area contributed by atoms with E-state index in [0.717, 1.165) is 11.1 Å². The number of aliphatic hydroxyl groups is 1. The van der Waals surface area contributed by atoms with Gasteiger partial charge in [-0.05, 0) is 41.0 Å². The molecular formula is C20H21N3O4S. The first-order valence-corrected chi connectivity index (χ1v) is 10.4. The van der Waals surface area contributed by atoms with E-state index in [1.807, 2.05) is 6.07 Å². The number of hydrogen-bond donors (Lipinski definition) is 2. The topological polar surface area (TPSA) is 104 Å². The summed E-state index contributed by atoms with van der Waals surface area (Å²) >= 11 is 0. The first kappa shape index (κ1) is 18.7. The summed E-state index contributed by atoms with van der Waals surface area (Å²) in [5.41, 5.74) is 8.54. The molecule has 0 saturated carbocycles. The molecule has 8 heteroatoms. The molecule has 2 aliphatic heterocycles. The van der Waals surface area contributed by atoms with Gasteiger partial charge in [-0.15, -0.1) is 0 Å². The van der Waals surface area contributed by atoms with Crippen LogP contribution in [0, 0.1) is 0 Å². The van der Waals surface area contributed by atoms with Crippen LogP contribution in [0.3, 0.4) is 0 Å². The Morgan fingerprint density at radius 3 is 2.07 bits per heavy atom. The lowest BCUT2D eigenvalue weighted by Gasteiger charge is -2.24. The molecule has 0 aromatic heterocycles. The number of amides is 1. The normalized spacial score (nSPS) is 18.4. The van der Waals surface area contributed by atoms with Crippen LogP contribution in [0.15, 0.2) is 70.6 Å². The molecule has 7 nitrogen and oxygen atoms in total. The van der Waals surface area contributed by atoms with Crippen molar-refractivity contribution < 1.29 is 18.3 Å². The number of hydrogen-bond acceptors (Lipinski definition) is 5. The molecule has 4 rings (SSSR count). The molecule has 0 bridgehead atoms. The standard InChI is InChI=1S/C20H21N3O4S/c21-17-6-8-18(9-7-17)28(26,27)23-12-15-10-22(11-16(15)13-23)20(25)19(24)14-4-2-1-3-5-14/h1-9,19,24H,10-13,21H2/t19-/m1/s1. The van der Waals surface area contributed by atoms with E-state index >= 15 is 0 Å². The quantitative estimate of drug-likeness (QED) is 0.593. The van der Waals surface area contributed by atoms with Crippen molar-refractivity contribution in [3.05, 3.63) is 71.3 Å². The summed E-state index contributed by atoms with van der Waals surface area (Å²) in [7, 11) is -3.61. The largest absolute Gasteiger partial charge is 0.399 e. The van der Waals surface area contributed by atoms with Gasteiger partial charge in [0.05, 0.1) is 4.90 Å². The average molecular weight is 399 g/mol. The van der Waals surface area contributed by atoms with E-state index in [2.05, 4.69) is 0 Å². The molecule has 2 heterocycles. The van der Waals surface area contributed by atoms with Crippen LogP contribution in [-0.4, -0.2) is 54.8 Å². The van der Waals surface area contributed by atoms with E-state index in [-0.39, 0.29) is 23.9 Å². The van der Waals surface area contributed by atoms with Crippen molar-refractivity contribution in [2.75, 3.05) is 31.9 Å². The third kappa shape index (κ3) is 3.30. The van der Waals surface area contributed by atoms with Crippen LogP contribution in [0.25, 0.3) is 0 Å². The monoisotopic (exact) mass is 399 g/mol. The van der Waals surface area contributed by atoms with E-state index in [0.29, 0.717) is 24.3 Å². The molecule has 0 unspecified atom stereocenters. The summed E-state index contributed by atoms with van der Waals surface area (Å²) in [6.07, 6.45) is -1.21. The minimum atomic E-state index is -3.61. The van der Waals surface area contributed by atoms with Gasteiger partial charge in [-0.3, -0.25) is 4.79 Å². The fraction of sp³-hybridized carbons (Fsp3) is 0.250. The third-order valence-corrected chi connectivity index (χ3v) is 6.98. The maximum Gasteiger partial charge on any atom is 0.256 e. The Balaban J connectivity index is 1.42. The highest BCUT2D eigenvalue weighted by atomic mass is 32.2. The lowest BCUT2D eigenvalue weighted by molar-refractivity contribution is -0.139. The lowest BCUT2D eigenvalue weighted by atomic mass is 10.1. The molecule has 0 radical (unpaired) electrons. The molecule has 0 spiro atoms. The van der Waals surface area contributed by atoms with Crippen molar-refractivity contribution in [2.45, 2.75) is 11.0 Å². The summed E-state index contributed by atoms with van der Waals surface area (Å²) in [6.45, 7) is 1.19. The fourth-order valence-electron chi connectivity index (χ4n) is 3.61. The highest BCUT2D eigenvalue weighted by molar-refractivity contribution is 7.89. The Morgan fingerprint density at radius 1 is 0.929 bits per heavy atom. The third-order valence-electron chi connectivity index (χ3n) is 5.18. The second kappa shape index (κ2) is 7.05. The number of nitrogen functional groups attached to an aromatic ring is 1. The summed E-state index contributed by atoms with van der Waals surface area (Å²) in [5, 5.41) is 10.3. The second-order valence-electron chi connectivity index (χ2n) is 7.06. The summed E-state index contributed by atoms with van der Waals surface area (Å²) < 4.78 is 27.1. The number of nitrogens with zero attached hydrogens (tertiary/aromatic N) is 2. The Kier molecular flexibility index (Phi) is 4.70. The van der Waals surface area contributed by atoms with Gasteiger partial charge in [-0.1, -0.05) is 30.3 Å². The van der Waals surface area contributed by atoms with Crippen molar-refractivity contribution in [1.82, 2.24) is 9.21 Å². The number of carbonyl (C=O) groups is 1. The molecule has 0 saturated heterocycles. The van der Waals surface area contributed by atoms with Crippen LogP contribution < -0.4 is 5.73 Å². The van der Waals surface area contributed by atoms with E-state index < -0.39 is 16.1 Å². The molecule has 2 aromatic rings. The smallest absolute Gasteiger partial charge is 0.256 e. The van der Waals surface area contributed by atoms with Crippen LogP contribution in [-0.2, 0) is 14.8 Å². The summed E-state index contributed by atoms with van der Waals surface area (Å²) in [5.74, 6) is -0.367. The first-order valence-electron chi connectivity index (χ1n) is 8.93. The average Bonchev–Trinajstić information content (AvgIpc) is 3.27. The fourth-order valence-corrected chi connectivity index (χ4v) is 5.04. The number of anilines is 1. The van der Waals surface area contributed by atoms with E-state index in [1.54, 1.807) is 41.3 Å². The van der Waals surface area contributed by atoms with Crippen molar-refractivity contribution in [1.29, 1.82) is 0 Å². The highest BCUT2D eigenvalue weighted by Crippen LogP contribution is 2.31. The molecule has 2 aliphatic rings. The van der Waals surface area contributed by atoms with Crippen molar-refractivity contribution in [3.63, 3.8) is 0 Å². The van der Waals surface area contributed by atoms with E-state index in [1.165, 1.54) is 16.4 Å². The SMILES string of the molecule is Nc1ccc(S(=O)(=O)N2CC3=C(CN(C(=O)[C@H](O)c4ccccc4)C3)C2)cc1. The highest BCUT2D eigenvalue weighted by Gasteiger charge is 2.38. The molecule has 0 fully saturated rings. The zero-order valence-corrected chi connectivity index (χ0v) is 16.0. The minimum Gasteiger partial charge on any atom is -0.399 e. The predicted octanol–water partition coefficient (Wildman–Crippen LogP) is 1.15. The van der Waals surface area contributed by atoms with Crippen LogP contribution in [0.2, 0.25) is 0 Å². The number of benzene rings is 2. The van der Waals surface area contributed by atoms with Crippen molar-refractivity contribution in [3.8, 4) is 0 Å². The molecule has 2 aromatic carbocycles. The maximum absolute atomic E-state index is 12.8. The summed E-state index contributed by atoms with van der Waals surface area (Å²) in [6, 6.07) is 14.9. The van der Waals surface area contributed by atoms with Gasteiger partial charge in [0.25, 0.3) is 5.91 Å². The Morgan fingerprint density at radius 2 is 1.50 bits per heavy atom. The number of sulfonamides is 1. The lowest BCUT2D eigenvalue weighted by Crippen LogP contribution is -2.38. The molecule has 0 aliphatic carbocycles. The van der Waals surface area contributed by atoms with Crippen LogP contribution >= 0.6 is 0 Å². The predicted molar refractivity (Wildman–Crippen MR) is 105 cm³/mol. The van der Waals surface area contributed by atoms with Gasteiger partial charge in [-0.2, -0.15) is 4.31 Å². The molecule has 146 valence electrons. The van der Waals surface area contributed by atoms with Gasteiger partial charge >= 0.3 is 0 Å². The zero-order valence-electron chi connectivity index (χ0n) is 15.2. The van der Waals surface area contributed by atoms with Crippen LogP contribution in [0.1, 0.15) is 11.7 Å². The molecule has 3 N–H and O–H groups in total. The number of carbonyl (C=O) groups excluding carboxylic acids is 1. The first-order chi connectivity index (χ1) is 13.4. The zero-order chi connectivity index (χ0) is 19.9. The van der Waals surface area contributed by atoms with Crippen LogP contribution in [0.4, 0.5) is 5.69 Å².